The number of nitriles is 1. The minimum Gasteiger partial charge on any atom is -0.457 e. The van der Waals surface area contributed by atoms with Crippen LogP contribution < -0.4 is 10.1 Å². The van der Waals surface area contributed by atoms with Crippen molar-refractivity contribution in [3.63, 3.8) is 0 Å². The Balaban J connectivity index is 1.66. The van der Waals surface area contributed by atoms with E-state index in [0.717, 1.165) is 19.3 Å². The second-order valence-corrected chi connectivity index (χ2v) is 5.67. The molecule has 5 nitrogen and oxygen atoms in total. The van der Waals surface area contributed by atoms with Gasteiger partial charge in [0.2, 0.25) is 6.10 Å². The van der Waals surface area contributed by atoms with Crippen LogP contribution in [0.25, 0.3) is 0 Å². The van der Waals surface area contributed by atoms with Crippen LogP contribution >= 0.6 is 0 Å². The molecular weight excluding hydrogens is 304 g/mol. The smallest absolute Gasteiger partial charge is 0.409 e. The normalized spacial score (nSPS) is 14.8. The Bertz CT molecular complexity index is 736. The van der Waals surface area contributed by atoms with Gasteiger partial charge in [-0.1, -0.05) is 30.3 Å². The molecule has 5 heteroatoms. The SMILES string of the molecule is N#CC(OC(=O)NC1CCC1)c1cccc(Oc2ccccc2)c1. The van der Waals surface area contributed by atoms with E-state index in [2.05, 4.69) is 5.32 Å². The molecule has 1 fully saturated rings. The van der Waals surface area contributed by atoms with Gasteiger partial charge >= 0.3 is 6.09 Å². The third kappa shape index (κ3) is 4.05. The Morgan fingerprint density at radius 1 is 1.12 bits per heavy atom. The fraction of sp³-hybridized carbons (Fsp3) is 0.263. The van der Waals surface area contributed by atoms with Crippen LogP contribution in [0, 0.1) is 11.3 Å². The van der Waals surface area contributed by atoms with Crippen LogP contribution in [0.1, 0.15) is 30.9 Å². The highest BCUT2D eigenvalue weighted by Gasteiger charge is 2.23. The van der Waals surface area contributed by atoms with E-state index in [4.69, 9.17) is 9.47 Å². The molecule has 1 atom stereocenters. The molecule has 1 saturated carbocycles. The lowest BCUT2D eigenvalue weighted by atomic mass is 9.93. The molecule has 1 amide bonds. The van der Waals surface area contributed by atoms with E-state index in [-0.39, 0.29) is 6.04 Å². The van der Waals surface area contributed by atoms with Crippen LogP contribution in [-0.4, -0.2) is 12.1 Å². The maximum Gasteiger partial charge on any atom is 0.409 e. The predicted molar refractivity (Wildman–Crippen MR) is 88.6 cm³/mol. The number of carbonyl (C=O) groups excluding carboxylic acids is 1. The van der Waals surface area contributed by atoms with Gasteiger partial charge in [-0.2, -0.15) is 5.26 Å². The number of nitrogens with one attached hydrogen (secondary N) is 1. The molecule has 1 unspecified atom stereocenters. The average molecular weight is 322 g/mol. The zero-order valence-electron chi connectivity index (χ0n) is 13.1. The van der Waals surface area contributed by atoms with E-state index in [1.165, 1.54) is 0 Å². The molecule has 1 aliphatic carbocycles. The Labute approximate surface area is 140 Å². The molecule has 0 aliphatic heterocycles. The van der Waals surface area contributed by atoms with Gasteiger partial charge in [0.1, 0.15) is 17.6 Å². The van der Waals surface area contributed by atoms with Crippen molar-refractivity contribution in [1.29, 1.82) is 5.26 Å². The number of ether oxygens (including phenoxy) is 2. The first kappa shape index (κ1) is 15.9. The fourth-order valence-corrected chi connectivity index (χ4v) is 2.39. The molecule has 2 aromatic rings. The van der Waals surface area contributed by atoms with Crippen LogP contribution in [0.2, 0.25) is 0 Å². The van der Waals surface area contributed by atoms with Crippen molar-refractivity contribution >= 4 is 6.09 Å². The molecule has 3 rings (SSSR count). The summed E-state index contributed by atoms with van der Waals surface area (Å²) in [7, 11) is 0. The second-order valence-electron chi connectivity index (χ2n) is 5.67. The van der Waals surface area contributed by atoms with Crippen molar-refractivity contribution in [1.82, 2.24) is 5.32 Å². The molecule has 122 valence electrons. The van der Waals surface area contributed by atoms with Gasteiger partial charge in [-0.25, -0.2) is 4.79 Å². The van der Waals surface area contributed by atoms with Gasteiger partial charge in [-0.3, -0.25) is 0 Å². The van der Waals surface area contributed by atoms with Gasteiger partial charge in [0.25, 0.3) is 0 Å². The summed E-state index contributed by atoms with van der Waals surface area (Å²) in [5.41, 5.74) is 0.578. The van der Waals surface area contributed by atoms with Crippen LogP contribution in [0.5, 0.6) is 11.5 Å². The van der Waals surface area contributed by atoms with Crippen LogP contribution in [-0.2, 0) is 4.74 Å². The first-order valence-corrected chi connectivity index (χ1v) is 7.94. The van der Waals surface area contributed by atoms with Crippen molar-refractivity contribution in [3.05, 3.63) is 60.2 Å². The predicted octanol–water partition coefficient (Wildman–Crippen LogP) is 4.32. The van der Waals surface area contributed by atoms with E-state index >= 15 is 0 Å². The van der Waals surface area contributed by atoms with E-state index < -0.39 is 12.2 Å². The molecule has 0 heterocycles. The third-order valence-corrected chi connectivity index (χ3v) is 3.91. The quantitative estimate of drug-likeness (QED) is 0.889. The molecule has 2 aromatic carbocycles. The highest BCUT2D eigenvalue weighted by molar-refractivity contribution is 5.68. The van der Waals surface area contributed by atoms with Crippen molar-refractivity contribution in [3.8, 4) is 17.6 Å². The number of para-hydroxylation sites is 1. The van der Waals surface area contributed by atoms with E-state index in [9.17, 15) is 10.1 Å². The summed E-state index contributed by atoms with van der Waals surface area (Å²) in [6.45, 7) is 0. The van der Waals surface area contributed by atoms with Gasteiger partial charge < -0.3 is 14.8 Å². The maximum atomic E-state index is 11.8. The zero-order valence-corrected chi connectivity index (χ0v) is 13.1. The van der Waals surface area contributed by atoms with E-state index in [0.29, 0.717) is 17.1 Å². The molecule has 0 aromatic heterocycles. The number of nitrogens with zero attached hydrogens (tertiary/aromatic N) is 1. The molecule has 0 spiro atoms. The van der Waals surface area contributed by atoms with Gasteiger partial charge in [0, 0.05) is 11.6 Å². The van der Waals surface area contributed by atoms with Gasteiger partial charge in [0.05, 0.1) is 0 Å². The largest absolute Gasteiger partial charge is 0.457 e. The van der Waals surface area contributed by atoms with Crippen molar-refractivity contribution in [2.45, 2.75) is 31.4 Å². The van der Waals surface area contributed by atoms with E-state index in [1.54, 1.807) is 24.3 Å². The van der Waals surface area contributed by atoms with Gasteiger partial charge in [-0.05, 0) is 43.5 Å². The highest BCUT2D eigenvalue weighted by Crippen LogP contribution is 2.26. The zero-order chi connectivity index (χ0) is 16.8. The Morgan fingerprint density at radius 2 is 1.88 bits per heavy atom. The number of hydrogen-bond acceptors (Lipinski definition) is 4. The second kappa shape index (κ2) is 7.51. The lowest BCUT2D eigenvalue weighted by Gasteiger charge is -2.26. The lowest BCUT2D eigenvalue weighted by Crippen LogP contribution is -2.40. The van der Waals surface area contributed by atoms with Crippen molar-refractivity contribution < 1.29 is 14.3 Å². The topological polar surface area (TPSA) is 71.3 Å². The van der Waals surface area contributed by atoms with Crippen molar-refractivity contribution in [2.75, 3.05) is 0 Å². The third-order valence-electron chi connectivity index (χ3n) is 3.91. The summed E-state index contributed by atoms with van der Waals surface area (Å²) in [6, 6.07) is 18.5. The molecule has 1 aliphatic rings. The lowest BCUT2D eigenvalue weighted by molar-refractivity contribution is 0.114. The molecule has 0 bridgehead atoms. The fourth-order valence-electron chi connectivity index (χ4n) is 2.39. The molecular formula is C19H18N2O3. The van der Waals surface area contributed by atoms with Crippen molar-refractivity contribution in [2.24, 2.45) is 0 Å². The number of alkyl carbamates (subject to hydrolysis) is 1. The summed E-state index contributed by atoms with van der Waals surface area (Å²) < 4.78 is 11.0. The summed E-state index contributed by atoms with van der Waals surface area (Å²) in [6.07, 6.45) is 1.52. The molecule has 24 heavy (non-hydrogen) atoms. The number of carbonyl (C=O) groups is 1. The molecule has 0 radical (unpaired) electrons. The summed E-state index contributed by atoms with van der Waals surface area (Å²) in [5, 5.41) is 12.1. The summed E-state index contributed by atoms with van der Waals surface area (Å²) in [4.78, 5) is 11.8. The number of rotatable bonds is 5. The number of amides is 1. The van der Waals surface area contributed by atoms with Gasteiger partial charge in [0.15, 0.2) is 0 Å². The maximum absolute atomic E-state index is 11.8. The van der Waals surface area contributed by atoms with Crippen LogP contribution in [0.15, 0.2) is 54.6 Å². The monoisotopic (exact) mass is 322 g/mol. The molecule has 0 saturated heterocycles. The summed E-state index contributed by atoms with van der Waals surface area (Å²) >= 11 is 0. The van der Waals surface area contributed by atoms with Crippen LogP contribution in [0.4, 0.5) is 4.79 Å². The highest BCUT2D eigenvalue weighted by atomic mass is 16.6. The Hall–Kier alpha value is -3.00. The summed E-state index contributed by atoms with van der Waals surface area (Å²) in [5.74, 6) is 1.29. The van der Waals surface area contributed by atoms with E-state index in [1.807, 2.05) is 36.4 Å². The first-order chi connectivity index (χ1) is 11.7. The Morgan fingerprint density at radius 3 is 2.54 bits per heavy atom. The minimum absolute atomic E-state index is 0.171. The molecule has 1 N–H and O–H groups in total. The number of hydrogen-bond donors (Lipinski definition) is 1. The minimum atomic E-state index is -0.968. The average Bonchev–Trinajstić information content (AvgIpc) is 2.57. The first-order valence-electron chi connectivity index (χ1n) is 7.94. The van der Waals surface area contributed by atoms with Gasteiger partial charge in [-0.15, -0.1) is 0 Å². The van der Waals surface area contributed by atoms with Crippen LogP contribution in [0.3, 0.4) is 0 Å². The Kier molecular flexibility index (Phi) is 4.97. The standard InChI is InChI=1S/C19H18N2O3/c20-13-18(24-19(22)21-15-7-5-8-15)14-6-4-11-17(12-14)23-16-9-2-1-3-10-16/h1-4,6,9-12,15,18H,5,7-8H2,(H,21,22). The number of benzene rings is 2.